The Morgan fingerprint density at radius 1 is 1.24 bits per heavy atom. The van der Waals surface area contributed by atoms with E-state index in [0.717, 1.165) is 0 Å². The lowest BCUT2D eigenvalue weighted by molar-refractivity contribution is -0.126. The summed E-state index contributed by atoms with van der Waals surface area (Å²) < 4.78 is 36.9. The Morgan fingerprint density at radius 3 is 2.52 bits per heavy atom. The van der Waals surface area contributed by atoms with Crippen molar-refractivity contribution in [1.29, 1.82) is 0 Å². The molecule has 2 atom stereocenters. The summed E-state index contributed by atoms with van der Waals surface area (Å²) in [7, 11) is -3.00. The van der Waals surface area contributed by atoms with Crippen LogP contribution in [0.25, 0.3) is 0 Å². The van der Waals surface area contributed by atoms with Crippen LogP contribution in [-0.4, -0.2) is 69.0 Å². The van der Waals surface area contributed by atoms with Crippen LogP contribution in [0.2, 0.25) is 0 Å². The molecule has 1 N–H and O–H groups in total. The Morgan fingerprint density at radius 2 is 1.92 bits per heavy atom. The largest absolute Gasteiger partial charge is 0.367 e. The molecule has 1 amide bonds. The highest BCUT2D eigenvalue weighted by molar-refractivity contribution is 7.91. The second-order valence-corrected chi connectivity index (χ2v) is 8.99. The molecule has 3 rings (SSSR count). The molecular formula is C17H24FN3O3S. The van der Waals surface area contributed by atoms with Gasteiger partial charge in [-0.2, -0.15) is 0 Å². The molecule has 8 heteroatoms. The number of nitrogens with zero attached hydrogens (tertiary/aromatic N) is 2. The number of carbonyl (C=O) groups excluding carboxylic acids is 1. The van der Waals surface area contributed by atoms with Crippen molar-refractivity contribution in [2.75, 3.05) is 42.6 Å². The van der Waals surface area contributed by atoms with Crippen molar-refractivity contribution in [2.45, 2.75) is 25.4 Å². The maximum absolute atomic E-state index is 13.9. The summed E-state index contributed by atoms with van der Waals surface area (Å²) in [5.41, 5.74) is 0.593. The number of anilines is 1. The van der Waals surface area contributed by atoms with E-state index in [1.807, 2.05) is 17.9 Å². The number of carbonyl (C=O) groups is 1. The van der Waals surface area contributed by atoms with E-state index in [9.17, 15) is 17.6 Å². The lowest BCUT2D eigenvalue weighted by Crippen LogP contribution is -2.55. The lowest BCUT2D eigenvalue weighted by atomic mass is 10.1. The van der Waals surface area contributed by atoms with E-state index in [-0.39, 0.29) is 35.3 Å². The molecule has 1 aromatic carbocycles. The third kappa shape index (κ3) is 4.30. The summed E-state index contributed by atoms with van der Waals surface area (Å²) in [6.07, 6.45) is 0.488. The van der Waals surface area contributed by atoms with Crippen molar-refractivity contribution >= 4 is 21.4 Å². The van der Waals surface area contributed by atoms with Crippen LogP contribution in [0.3, 0.4) is 0 Å². The van der Waals surface area contributed by atoms with E-state index >= 15 is 0 Å². The summed E-state index contributed by atoms with van der Waals surface area (Å²) in [4.78, 5) is 16.4. The van der Waals surface area contributed by atoms with E-state index in [0.29, 0.717) is 38.3 Å². The molecule has 0 aliphatic carbocycles. The van der Waals surface area contributed by atoms with Gasteiger partial charge in [0.25, 0.3) is 0 Å². The molecule has 1 aromatic rings. The Hall–Kier alpha value is -1.67. The number of halogens is 1. The van der Waals surface area contributed by atoms with Gasteiger partial charge in [-0.05, 0) is 25.5 Å². The van der Waals surface area contributed by atoms with E-state index in [1.54, 1.807) is 12.1 Å². The van der Waals surface area contributed by atoms with Gasteiger partial charge < -0.3 is 10.2 Å². The van der Waals surface area contributed by atoms with Crippen molar-refractivity contribution in [1.82, 2.24) is 10.2 Å². The van der Waals surface area contributed by atoms with Gasteiger partial charge in [-0.15, -0.1) is 0 Å². The number of hydrogen-bond donors (Lipinski definition) is 1. The maximum Gasteiger partial charge on any atom is 0.237 e. The monoisotopic (exact) mass is 369 g/mol. The van der Waals surface area contributed by atoms with Crippen LogP contribution < -0.4 is 10.2 Å². The van der Waals surface area contributed by atoms with Crippen molar-refractivity contribution in [2.24, 2.45) is 0 Å². The van der Waals surface area contributed by atoms with Gasteiger partial charge in [-0.1, -0.05) is 12.1 Å². The first kappa shape index (κ1) is 18.1. The van der Waals surface area contributed by atoms with E-state index < -0.39 is 9.84 Å². The Labute approximate surface area is 147 Å². The molecule has 2 fully saturated rings. The summed E-state index contributed by atoms with van der Waals surface area (Å²) in [5, 5.41) is 2.85. The molecule has 0 saturated carbocycles. The first-order valence-electron chi connectivity index (χ1n) is 8.60. The molecule has 2 aliphatic rings. The van der Waals surface area contributed by atoms with Gasteiger partial charge in [0, 0.05) is 32.2 Å². The molecule has 0 radical (unpaired) electrons. The van der Waals surface area contributed by atoms with Gasteiger partial charge >= 0.3 is 0 Å². The maximum atomic E-state index is 13.9. The van der Waals surface area contributed by atoms with Crippen LogP contribution in [0, 0.1) is 5.82 Å². The molecule has 0 spiro atoms. The average Bonchev–Trinajstić information content (AvgIpc) is 2.93. The zero-order valence-corrected chi connectivity index (χ0v) is 15.1. The fourth-order valence-corrected chi connectivity index (χ4v) is 5.13. The highest BCUT2D eigenvalue weighted by Crippen LogP contribution is 2.21. The standard InChI is InChI=1S/C17H24FN3O3S/c1-13(17(22)19-14-6-11-25(23,24)12-14)20-7-9-21(10-8-20)16-5-3-2-4-15(16)18/h2-5,13-14H,6-12H2,1H3,(H,19,22)/t13-,14+/m1/s1. The molecule has 0 unspecified atom stereocenters. The second kappa shape index (κ2) is 7.29. The van der Waals surface area contributed by atoms with Crippen LogP contribution >= 0.6 is 0 Å². The predicted octanol–water partition coefficient (Wildman–Crippen LogP) is 0.639. The number of rotatable bonds is 4. The van der Waals surface area contributed by atoms with Crippen molar-refractivity contribution in [3.63, 3.8) is 0 Å². The first-order valence-corrected chi connectivity index (χ1v) is 10.4. The van der Waals surface area contributed by atoms with Gasteiger partial charge in [0.15, 0.2) is 9.84 Å². The van der Waals surface area contributed by atoms with Crippen LogP contribution in [-0.2, 0) is 14.6 Å². The van der Waals surface area contributed by atoms with Gasteiger partial charge in [-0.25, -0.2) is 12.8 Å². The Kier molecular flexibility index (Phi) is 5.29. The number of sulfone groups is 1. The molecule has 2 saturated heterocycles. The number of piperazine rings is 1. The minimum absolute atomic E-state index is 0.0342. The fraction of sp³-hybridized carbons (Fsp3) is 0.588. The molecule has 0 aromatic heterocycles. The minimum atomic E-state index is -3.00. The Balaban J connectivity index is 1.52. The third-order valence-electron chi connectivity index (χ3n) is 5.01. The lowest BCUT2D eigenvalue weighted by Gasteiger charge is -2.38. The molecule has 138 valence electrons. The number of para-hydroxylation sites is 1. The van der Waals surface area contributed by atoms with E-state index in [2.05, 4.69) is 10.2 Å². The van der Waals surface area contributed by atoms with Gasteiger partial charge in [0.1, 0.15) is 5.82 Å². The number of amides is 1. The smallest absolute Gasteiger partial charge is 0.237 e. The van der Waals surface area contributed by atoms with Crippen molar-refractivity contribution < 1.29 is 17.6 Å². The molecular weight excluding hydrogens is 345 g/mol. The third-order valence-corrected chi connectivity index (χ3v) is 6.78. The molecule has 2 heterocycles. The molecule has 0 bridgehead atoms. The van der Waals surface area contributed by atoms with Gasteiger partial charge in [0.2, 0.25) is 5.91 Å². The summed E-state index contributed by atoms with van der Waals surface area (Å²) in [5.74, 6) is -0.189. The SMILES string of the molecule is C[C@H](C(=O)N[C@H]1CCS(=O)(=O)C1)N1CCN(c2ccccc2F)CC1. The van der Waals surface area contributed by atoms with E-state index in [4.69, 9.17) is 0 Å². The molecule has 25 heavy (non-hydrogen) atoms. The van der Waals surface area contributed by atoms with Crippen LogP contribution in [0.1, 0.15) is 13.3 Å². The van der Waals surface area contributed by atoms with Crippen LogP contribution in [0.5, 0.6) is 0 Å². The molecule has 2 aliphatic heterocycles. The average molecular weight is 369 g/mol. The highest BCUT2D eigenvalue weighted by Gasteiger charge is 2.32. The topological polar surface area (TPSA) is 69.7 Å². The van der Waals surface area contributed by atoms with Gasteiger partial charge in [-0.3, -0.25) is 9.69 Å². The normalized spacial score (nSPS) is 24.9. The zero-order valence-electron chi connectivity index (χ0n) is 14.3. The zero-order chi connectivity index (χ0) is 18.0. The van der Waals surface area contributed by atoms with Crippen LogP contribution in [0.4, 0.5) is 10.1 Å². The predicted molar refractivity (Wildman–Crippen MR) is 94.8 cm³/mol. The first-order chi connectivity index (χ1) is 11.9. The van der Waals surface area contributed by atoms with Crippen molar-refractivity contribution in [3.8, 4) is 0 Å². The highest BCUT2D eigenvalue weighted by atomic mass is 32.2. The fourth-order valence-electron chi connectivity index (χ4n) is 3.45. The Bertz CT molecular complexity index is 732. The van der Waals surface area contributed by atoms with Crippen LogP contribution in [0.15, 0.2) is 24.3 Å². The van der Waals surface area contributed by atoms with E-state index in [1.165, 1.54) is 6.07 Å². The molecule has 6 nitrogen and oxygen atoms in total. The van der Waals surface area contributed by atoms with Gasteiger partial charge in [0.05, 0.1) is 23.2 Å². The summed E-state index contributed by atoms with van der Waals surface area (Å²) >= 11 is 0. The summed E-state index contributed by atoms with van der Waals surface area (Å²) in [6, 6.07) is 6.10. The number of nitrogens with one attached hydrogen (secondary N) is 1. The summed E-state index contributed by atoms with van der Waals surface area (Å²) in [6.45, 7) is 4.45. The number of benzene rings is 1. The minimum Gasteiger partial charge on any atom is -0.367 e. The number of hydrogen-bond acceptors (Lipinski definition) is 5. The second-order valence-electron chi connectivity index (χ2n) is 6.76. The quantitative estimate of drug-likeness (QED) is 0.844. The van der Waals surface area contributed by atoms with Crippen molar-refractivity contribution in [3.05, 3.63) is 30.1 Å².